The standard InChI is InChI=1S/C25H42N2O20/c1-7(32)26-14-19(16(37)10(4-29)43-22(14)40)45-23-18(39)21(17(38)11(5-30)44-23)47-25(24(41)42)2-8(33)13(27-12(35)6-31)20(46-25)15(36)9(34)3-28/h8-11,13-23,28-31,33-34,36-40H,2-6H2,1H3,(H,26,32)(H,27,35)(H,41,42)/t8-,9+,10+,11+,13+,14+,15+,16-,17-,18+,19+,20+,21-,22+,23-,25+/m1/s1. The molecule has 14 N–H and O–H groups in total. The number of carbonyl (C=O) groups is 3. The summed E-state index contributed by atoms with van der Waals surface area (Å²) in [6.07, 6.45) is -26.5. The highest BCUT2D eigenvalue weighted by Gasteiger charge is 2.60. The van der Waals surface area contributed by atoms with E-state index in [1.54, 1.807) is 0 Å². The van der Waals surface area contributed by atoms with Gasteiger partial charge in [0.15, 0.2) is 12.6 Å². The van der Waals surface area contributed by atoms with Gasteiger partial charge in [-0.05, 0) is 0 Å². The zero-order chi connectivity index (χ0) is 35.4. The first kappa shape index (κ1) is 39.2. The van der Waals surface area contributed by atoms with E-state index in [1.807, 2.05) is 0 Å². The van der Waals surface area contributed by atoms with Gasteiger partial charge in [-0.2, -0.15) is 0 Å². The van der Waals surface area contributed by atoms with E-state index >= 15 is 0 Å². The van der Waals surface area contributed by atoms with Gasteiger partial charge in [-0.1, -0.05) is 0 Å². The summed E-state index contributed by atoms with van der Waals surface area (Å²) in [7, 11) is 0. The van der Waals surface area contributed by atoms with Crippen molar-refractivity contribution in [1.82, 2.24) is 10.6 Å². The van der Waals surface area contributed by atoms with Gasteiger partial charge >= 0.3 is 5.97 Å². The molecule has 47 heavy (non-hydrogen) atoms. The summed E-state index contributed by atoms with van der Waals surface area (Å²) >= 11 is 0. The molecule has 22 nitrogen and oxygen atoms in total. The van der Waals surface area contributed by atoms with E-state index in [0.717, 1.165) is 6.92 Å². The average Bonchev–Trinajstić information content (AvgIpc) is 3.03. The lowest BCUT2D eigenvalue weighted by atomic mass is 9.88. The predicted octanol–water partition coefficient (Wildman–Crippen LogP) is -9.11. The van der Waals surface area contributed by atoms with Crippen LogP contribution in [0.3, 0.4) is 0 Å². The first-order valence-electron chi connectivity index (χ1n) is 14.4. The highest BCUT2D eigenvalue weighted by atomic mass is 16.8. The molecule has 3 fully saturated rings. The van der Waals surface area contributed by atoms with E-state index in [1.165, 1.54) is 0 Å². The molecule has 0 bridgehead atoms. The summed E-state index contributed by atoms with van der Waals surface area (Å²) in [4.78, 5) is 36.3. The molecule has 0 unspecified atom stereocenters. The first-order chi connectivity index (χ1) is 22.0. The Morgan fingerprint density at radius 3 is 2.00 bits per heavy atom. The second-order valence-corrected chi connectivity index (χ2v) is 11.3. The molecule has 3 saturated heterocycles. The number of ether oxygens (including phenoxy) is 5. The Bertz CT molecular complexity index is 1070. The molecule has 0 aromatic heterocycles. The molecule has 0 aromatic carbocycles. The summed E-state index contributed by atoms with van der Waals surface area (Å²) in [5, 5.41) is 127. The average molecular weight is 691 g/mol. The van der Waals surface area contributed by atoms with Crippen LogP contribution in [0.4, 0.5) is 0 Å². The molecule has 3 aliphatic heterocycles. The zero-order valence-electron chi connectivity index (χ0n) is 24.8. The Morgan fingerprint density at radius 2 is 1.47 bits per heavy atom. The van der Waals surface area contributed by atoms with Crippen molar-refractivity contribution in [2.75, 3.05) is 26.4 Å². The number of carboxylic acid groups (broad SMARTS) is 1. The summed E-state index contributed by atoms with van der Waals surface area (Å²) < 4.78 is 27.2. The number of carboxylic acids is 1. The van der Waals surface area contributed by atoms with Gasteiger partial charge in [0, 0.05) is 13.3 Å². The van der Waals surface area contributed by atoms with Crippen LogP contribution in [0, 0.1) is 0 Å². The number of rotatable bonds is 13. The van der Waals surface area contributed by atoms with Gasteiger partial charge in [-0.15, -0.1) is 0 Å². The van der Waals surface area contributed by atoms with Crippen molar-refractivity contribution >= 4 is 17.8 Å². The van der Waals surface area contributed by atoms with E-state index in [-0.39, 0.29) is 0 Å². The zero-order valence-corrected chi connectivity index (χ0v) is 24.8. The summed E-state index contributed by atoms with van der Waals surface area (Å²) in [6, 6.07) is -3.26. The van der Waals surface area contributed by atoms with Crippen LogP contribution < -0.4 is 10.6 Å². The maximum absolute atomic E-state index is 12.6. The third kappa shape index (κ3) is 8.50. The molecule has 0 radical (unpaired) electrons. The van der Waals surface area contributed by atoms with Gasteiger partial charge in [0.05, 0.1) is 32.0 Å². The van der Waals surface area contributed by atoms with Crippen molar-refractivity contribution in [3.05, 3.63) is 0 Å². The van der Waals surface area contributed by atoms with E-state index < -0.39 is 148 Å². The predicted molar refractivity (Wildman–Crippen MR) is 143 cm³/mol. The maximum Gasteiger partial charge on any atom is 0.364 e. The van der Waals surface area contributed by atoms with E-state index in [0.29, 0.717) is 0 Å². The maximum atomic E-state index is 12.6. The molecular weight excluding hydrogens is 648 g/mol. The third-order valence-electron chi connectivity index (χ3n) is 7.97. The van der Waals surface area contributed by atoms with Crippen LogP contribution in [-0.4, -0.2) is 203 Å². The van der Waals surface area contributed by atoms with Crippen LogP contribution in [-0.2, 0) is 38.1 Å². The van der Waals surface area contributed by atoms with E-state index in [2.05, 4.69) is 10.6 Å². The number of aliphatic carboxylic acids is 1. The number of hydrogen-bond donors (Lipinski definition) is 14. The lowest BCUT2D eigenvalue weighted by Crippen LogP contribution is -2.71. The lowest BCUT2D eigenvalue weighted by molar-refractivity contribution is -0.380. The summed E-state index contributed by atoms with van der Waals surface area (Å²) in [6.45, 7) is -3.02. The summed E-state index contributed by atoms with van der Waals surface area (Å²) in [5.41, 5.74) is 0. The van der Waals surface area contributed by atoms with Crippen LogP contribution >= 0.6 is 0 Å². The molecular formula is C25H42N2O20. The quantitative estimate of drug-likeness (QED) is 0.0852. The van der Waals surface area contributed by atoms with Gasteiger partial charge in [-0.3, -0.25) is 9.59 Å². The van der Waals surface area contributed by atoms with Gasteiger partial charge in [-0.25, -0.2) is 4.79 Å². The van der Waals surface area contributed by atoms with Crippen LogP contribution in [0.1, 0.15) is 13.3 Å². The van der Waals surface area contributed by atoms with Gasteiger partial charge in [0.25, 0.3) is 5.79 Å². The number of aliphatic hydroxyl groups excluding tert-OH is 11. The lowest BCUT2D eigenvalue weighted by Gasteiger charge is -2.50. The Balaban J connectivity index is 1.98. The molecule has 22 heteroatoms. The fourth-order valence-electron chi connectivity index (χ4n) is 5.56. The third-order valence-corrected chi connectivity index (χ3v) is 7.97. The van der Waals surface area contributed by atoms with Crippen molar-refractivity contribution in [1.29, 1.82) is 0 Å². The van der Waals surface area contributed by atoms with Crippen LogP contribution in [0.15, 0.2) is 0 Å². The highest BCUT2D eigenvalue weighted by Crippen LogP contribution is 2.38. The topological polar surface area (TPSA) is 364 Å². The van der Waals surface area contributed by atoms with Gasteiger partial charge < -0.3 is 95.6 Å². The van der Waals surface area contributed by atoms with Crippen LogP contribution in [0.2, 0.25) is 0 Å². The van der Waals surface area contributed by atoms with Crippen molar-refractivity contribution in [2.45, 2.75) is 111 Å². The molecule has 0 aromatic rings. The van der Waals surface area contributed by atoms with Crippen molar-refractivity contribution in [2.24, 2.45) is 0 Å². The normalized spacial score (nSPS) is 42.3. The Kier molecular flexibility index (Phi) is 13.7. The van der Waals surface area contributed by atoms with Crippen LogP contribution in [0.25, 0.3) is 0 Å². The number of amides is 2. The van der Waals surface area contributed by atoms with Crippen molar-refractivity contribution in [3.63, 3.8) is 0 Å². The Hall–Kier alpha value is -2.23. The Labute approximate surface area is 265 Å². The number of hydrogen-bond acceptors (Lipinski definition) is 19. The van der Waals surface area contributed by atoms with Gasteiger partial charge in [0.2, 0.25) is 11.8 Å². The molecule has 0 spiro atoms. The molecule has 0 aliphatic carbocycles. The monoisotopic (exact) mass is 690 g/mol. The largest absolute Gasteiger partial charge is 0.477 e. The molecule has 272 valence electrons. The van der Waals surface area contributed by atoms with E-state index in [4.69, 9.17) is 28.8 Å². The van der Waals surface area contributed by atoms with Crippen molar-refractivity contribution < 1.29 is 99.3 Å². The van der Waals surface area contributed by atoms with Crippen LogP contribution in [0.5, 0.6) is 0 Å². The summed E-state index contributed by atoms with van der Waals surface area (Å²) in [5.74, 6) is -6.98. The molecule has 16 atom stereocenters. The smallest absolute Gasteiger partial charge is 0.364 e. The molecule has 2 amide bonds. The second-order valence-electron chi connectivity index (χ2n) is 11.3. The molecule has 0 saturated carbocycles. The van der Waals surface area contributed by atoms with E-state index in [9.17, 15) is 70.6 Å². The SMILES string of the molecule is CC(=O)N[C@H]1[C@H](O[C@H]2O[C@@H](CO)[C@@H](O)[C@@H](O[C@]3(C(=O)O)C[C@@H](O)[C@H](NC(=O)CO)[C@@H]([C@@H](O)[C@@H](O)CO)O3)[C@@H]2O)[C@H](O)[C@H](CO)O[C@@H]1O. The fraction of sp³-hybridized carbons (Fsp3) is 0.880. The second kappa shape index (κ2) is 16.4. The Morgan fingerprint density at radius 1 is 0.872 bits per heavy atom. The molecule has 3 aliphatic rings. The minimum absolute atomic E-state index is 0.733. The highest BCUT2D eigenvalue weighted by molar-refractivity contribution is 5.78. The van der Waals surface area contributed by atoms with Crippen molar-refractivity contribution in [3.8, 4) is 0 Å². The minimum atomic E-state index is -3.11. The number of carbonyl (C=O) groups excluding carboxylic acids is 2. The molecule has 3 heterocycles. The molecule has 3 rings (SSSR count). The minimum Gasteiger partial charge on any atom is -0.477 e. The number of nitrogens with one attached hydrogen (secondary N) is 2. The first-order valence-corrected chi connectivity index (χ1v) is 14.4. The number of aliphatic hydroxyl groups is 11. The van der Waals surface area contributed by atoms with Gasteiger partial charge in [0.1, 0.15) is 73.7 Å². The fourth-order valence-corrected chi connectivity index (χ4v) is 5.56.